The summed E-state index contributed by atoms with van der Waals surface area (Å²) in [5, 5.41) is 22.7. The minimum Gasteiger partial charge on any atom is -0.481 e. The van der Waals surface area contributed by atoms with Crippen LogP contribution in [0, 0.1) is 17.8 Å². The first-order chi connectivity index (χ1) is 10.7. The number of carboxylic acid groups (broad SMARTS) is 1. The third kappa shape index (κ3) is 4.57. The predicted molar refractivity (Wildman–Crippen MR) is 86.5 cm³/mol. The van der Waals surface area contributed by atoms with Crippen molar-refractivity contribution in [2.45, 2.75) is 58.2 Å². The van der Waals surface area contributed by atoms with Gasteiger partial charge >= 0.3 is 5.97 Å². The van der Waals surface area contributed by atoms with E-state index in [9.17, 15) is 19.8 Å². The molecular weight excluding hydrogens is 300 g/mol. The summed E-state index contributed by atoms with van der Waals surface area (Å²) in [5.41, 5.74) is 10.9. The van der Waals surface area contributed by atoms with Gasteiger partial charge in [0.2, 0.25) is 5.91 Å². The highest BCUT2D eigenvalue weighted by Gasteiger charge is 2.50. The van der Waals surface area contributed by atoms with E-state index in [1.54, 1.807) is 0 Å². The first-order valence-electron chi connectivity index (χ1n) is 7.99. The predicted octanol–water partition coefficient (Wildman–Crippen LogP) is -0.349. The number of hydrogen-bond acceptors (Lipinski definition) is 4. The number of aliphatic imine (C=N–C) groups is 1. The molecule has 0 aromatic carbocycles. The fourth-order valence-corrected chi connectivity index (χ4v) is 3.64. The van der Waals surface area contributed by atoms with Gasteiger partial charge in [-0.1, -0.05) is 26.7 Å². The Hall–Kier alpha value is -1.83. The van der Waals surface area contributed by atoms with Crippen molar-refractivity contribution in [2.75, 3.05) is 0 Å². The van der Waals surface area contributed by atoms with Gasteiger partial charge in [0.15, 0.2) is 5.96 Å². The Labute approximate surface area is 136 Å². The number of aliphatic carboxylic acids is 1. The monoisotopic (exact) mass is 328 g/mol. The molecule has 0 heterocycles. The van der Waals surface area contributed by atoms with Crippen LogP contribution in [0.5, 0.6) is 0 Å². The van der Waals surface area contributed by atoms with Gasteiger partial charge in [-0.2, -0.15) is 0 Å². The molecule has 1 rings (SSSR count). The van der Waals surface area contributed by atoms with Crippen molar-refractivity contribution in [3.63, 3.8) is 0 Å². The van der Waals surface area contributed by atoms with E-state index in [0.717, 1.165) is 12.8 Å². The number of hydrogen-bond donors (Lipinski definition) is 5. The number of nitrogens with one attached hydrogen (secondary N) is 1. The lowest BCUT2D eigenvalue weighted by molar-refractivity contribution is -0.145. The van der Waals surface area contributed by atoms with Crippen molar-refractivity contribution in [1.82, 2.24) is 5.32 Å². The van der Waals surface area contributed by atoms with Crippen molar-refractivity contribution in [2.24, 2.45) is 34.2 Å². The number of aliphatic hydroxyl groups is 1. The van der Waals surface area contributed by atoms with Crippen LogP contribution in [0.1, 0.15) is 40.0 Å². The minimum atomic E-state index is -1.11. The molecule has 0 aromatic rings. The van der Waals surface area contributed by atoms with Crippen LogP contribution in [0.3, 0.4) is 0 Å². The highest BCUT2D eigenvalue weighted by molar-refractivity contribution is 5.76. The second kappa shape index (κ2) is 8.14. The summed E-state index contributed by atoms with van der Waals surface area (Å²) in [6.45, 7) is 5.39. The van der Waals surface area contributed by atoms with Gasteiger partial charge in [-0.15, -0.1) is 0 Å². The number of guanidine groups is 1. The molecule has 0 saturated heterocycles. The standard InChI is InChI=1S/C15H28N4O4/c1-4-8(5-2)12(18-7(3)20)11-10(19-15(16)17)6-9(13(11)21)14(22)23/h8-13,21H,4-6H2,1-3H3,(H,18,20)(H,22,23)(H4,16,17,19)/t9-,10+,11+,12-,13-/m0/s1. The van der Waals surface area contributed by atoms with Crippen molar-refractivity contribution in [3.8, 4) is 0 Å². The van der Waals surface area contributed by atoms with Crippen LogP contribution in [0.15, 0.2) is 4.99 Å². The molecule has 1 amide bonds. The van der Waals surface area contributed by atoms with E-state index in [-0.39, 0.29) is 30.2 Å². The SMILES string of the molecule is CCC(CC)[C@H](NC(C)=O)[C@@H]1[C@@H](O)[C@@H](C(=O)O)C[C@H]1N=C(N)N. The summed E-state index contributed by atoms with van der Waals surface area (Å²) in [5.74, 6) is -2.84. The smallest absolute Gasteiger partial charge is 0.309 e. The zero-order chi connectivity index (χ0) is 17.7. The number of carbonyl (C=O) groups excluding carboxylic acids is 1. The van der Waals surface area contributed by atoms with E-state index in [2.05, 4.69) is 10.3 Å². The molecule has 132 valence electrons. The quantitative estimate of drug-likeness (QED) is 0.318. The van der Waals surface area contributed by atoms with Gasteiger partial charge in [0.05, 0.1) is 18.1 Å². The number of carbonyl (C=O) groups is 2. The first kappa shape index (κ1) is 19.2. The Morgan fingerprint density at radius 2 is 1.87 bits per heavy atom. The molecule has 0 spiro atoms. The second-order valence-electron chi connectivity index (χ2n) is 6.17. The summed E-state index contributed by atoms with van der Waals surface area (Å²) < 4.78 is 0. The molecule has 0 unspecified atom stereocenters. The molecule has 0 radical (unpaired) electrons. The average molecular weight is 328 g/mol. The van der Waals surface area contributed by atoms with E-state index in [4.69, 9.17) is 11.5 Å². The molecule has 0 bridgehead atoms. The van der Waals surface area contributed by atoms with Gasteiger partial charge in [0, 0.05) is 18.9 Å². The maximum Gasteiger partial charge on any atom is 0.309 e. The fraction of sp³-hybridized carbons (Fsp3) is 0.800. The molecule has 8 nitrogen and oxygen atoms in total. The van der Waals surface area contributed by atoms with Gasteiger partial charge in [-0.25, -0.2) is 4.99 Å². The molecule has 1 fully saturated rings. The highest BCUT2D eigenvalue weighted by Crippen LogP contribution is 2.39. The molecule has 0 aromatic heterocycles. The number of nitrogens with zero attached hydrogens (tertiary/aromatic N) is 1. The lowest BCUT2D eigenvalue weighted by Crippen LogP contribution is -2.51. The molecule has 7 N–H and O–H groups in total. The van der Waals surface area contributed by atoms with E-state index in [1.807, 2.05) is 13.8 Å². The van der Waals surface area contributed by atoms with Gasteiger partial charge in [0.25, 0.3) is 0 Å². The van der Waals surface area contributed by atoms with Crippen LogP contribution in [-0.4, -0.2) is 46.2 Å². The largest absolute Gasteiger partial charge is 0.481 e. The van der Waals surface area contributed by atoms with E-state index in [1.165, 1.54) is 6.92 Å². The Balaban J connectivity index is 3.23. The van der Waals surface area contributed by atoms with Gasteiger partial charge in [0.1, 0.15) is 0 Å². The van der Waals surface area contributed by atoms with Crippen molar-refractivity contribution in [1.29, 1.82) is 0 Å². The molecule has 8 heteroatoms. The maximum absolute atomic E-state index is 11.6. The van der Waals surface area contributed by atoms with Crippen molar-refractivity contribution < 1.29 is 19.8 Å². The first-order valence-corrected chi connectivity index (χ1v) is 7.99. The Morgan fingerprint density at radius 3 is 2.26 bits per heavy atom. The van der Waals surface area contributed by atoms with E-state index < -0.39 is 30.0 Å². The van der Waals surface area contributed by atoms with Crippen molar-refractivity contribution >= 4 is 17.8 Å². The van der Waals surface area contributed by atoms with Crippen LogP contribution in [0.25, 0.3) is 0 Å². The maximum atomic E-state index is 11.6. The van der Waals surface area contributed by atoms with Crippen LogP contribution < -0.4 is 16.8 Å². The van der Waals surface area contributed by atoms with Crippen LogP contribution in [0.2, 0.25) is 0 Å². The molecule has 1 aliphatic carbocycles. The number of aliphatic hydroxyl groups excluding tert-OH is 1. The second-order valence-corrected chi connectivity index (χ2v) is 6.17. The number of nitrogens with two attached hydrogens (primary N) is 2. The third-order valence-electron chi connectivity index (χ3n) is 4.72. The highest BCUT2D eigenvalue weighted by atomic mass is 16.4. The molecule has 23 heavy (non-hydrogen) atoms. The fourth-order valence-electron chi connectivity index (χ4n) is 3.64. The minimum absolute atomic E-state index is 0.0998. The van der Waals surface area contributed by atoms with E-state index in [0.29, 0.717) is 0 Å². The average Bonchev–Trinajstić information content (AvgIpc) is 2.74. The van der Waals surface area contributed by atoms with Gasteiger partial charge in [-0.3, -0.25) is 9.59 Å². The Morgan fingerprint density at radius 1 is 1.30 bits per heavy atom. The van der Waals surface area contributed by atoms with Crippen molar-refractivity contribution in [3.05, 3.63) is 0 Å². The zero-order valence-corrected chi connectivity index (χ0v) is 13.9. The Kier molecular flexibility index (Phi) is 6.80. The molecular formula is C15H28N4O4. The van der Waals surface area contributed by atoms with Crippen LogP contribution in [-0.2, 0) is 9.59 Å². The topological polar surface area (TPSA) is 151 Å². The lowest BCUT2D eigenvalue weighted by atomic mass is 9.80. The molecule has 1 saturated carbocycles. The normalized spacial score (nSPS) is 28.4. The van der Waals surface area contributed by atoms with Crippen LogP contribution in [0.4, 0.5) is 0 Å². The third-order valence-corrected chi connectivity index (χ3v) is 4.72. The summed E-state index contributed by atoms with van der Waals surface area (Å²) in [4.78, 5) is 27.1. The molecule has 5 atom stereocenters. The van der Waals surface area contributed by atoms with E-state index >= 15 is 0 Å². The molecule has 0 aliphatic heterocycles. The van der Waals surface area contributed by atoms with Gasteiger partial charge in [-0.05, 0) is 12.3 Å². The summed E-state index contributed by atoms with van der Waals surface area (Å²) in [6, 6.07) is -0.913. The summed E-state index contributed by atoms with van der Waals surface area (Å²) in [7, 11) is 0. The van der Waals surface area contributed by atoms with Crippen LogP contribution >= 0.6 is 0 Å². The number of carboxylic acids is 1. The zero-order valence-electron chi connectivity index (χ0n) is 13.9. The summed E-state index contributed by atoms with van der Waals surface area (Å²) >= 11 is 0. The lowest BCUT2D eigenvalue weighted by Gasteiger charge is -2.35. The number of amides is 1. The Bertz CT molecular complexity index is 460. The number of rotatable bonds is 7. The molecule has 1 aliphatic rings. The van der Waals surface area contributed by atoms with Gasteiger partial charge < -0.3 is 27.0 Å². The summed E-state index contributed by atoms with van der Waals surface area (Å²) in [6.07, 6.45) is 0.612.